The van der Waals surface area contributed by atoms with Crippen molar-refractivity contribution >= 4 is 39.3 Å². The standard InChI is InChI=1S/C22H24BrN3O3/c1-25(2)21(28)17-4-3-5-19(14-17)24-20(27)15-10-12-26(13-11-15)22(29)16-6-8-18(23)9-7-16/h3-9,14-15H,10-13H2,1-2H3,(H,24,27). The molecular weight excluding hydrogens is 434 g/mol. The van der Waals surface area contributed by atoms with Crippen LogP contribution in [-0.4, -0.2) is 54.7 Å². The first kappa shape index (κ1) is 21.0. The maximum atomic E-state index is 12.7. The fourth-order valence-electron chi connectivity index (χ4n) is 3.35. The zero-order chi connectivity index (χ0) is 21.0. The number of anilines is 1. The summed E-state index contributed by atoms with van der Waals surface area (Å²) in [5.74, 6) is -0.348. The van der Waals surface area contributed by atoms with Crippen molar-refractivity contribution in [2.75, 3.05) is 32.5 Å². The molecule has 7 heteroatoms. The van der Waals surface area contributed by atoms with Crippen LogP contribution in [0, 0.1) is 5.92 Å². The number of piperidine rings is 1. The van der Waals surface area contributed by atoms with E-state index in [1.165, 1.54) is 4.90 Å². The van der Waals surface area contributed by atoms with Gasteiger partial charge in [0, 0.05) is 54.4 Å². The van der Waals surface area contributed by atoms with E-state index in [4.69, 9.17) is 0 Å². The third kappa shape index (κ3) is 5.23. The van der Waals surface area contributed by atoms with E-state index in [-0.39, 0.29) is 23.6 Å². The van der Waals surface area contributed by atoms with Gasteiger partial charge in [-0.15, -0.1) is 0 Å². The van der Waals surface area contributed by atoms with E-state index >= 15 is 0 Å². The number of hydrogen-bond acceptors (Lipinski definition) is 3. The molecule has 1 heterocycles. The summed E-state index contributed by atoms with van der Waals surface area (Å²) < 4.78 is 0.931. The highest BCUT2D eigenvalue weighted by atomic mass is 79.9. The smallest absolute Gasteiger partial charge is 0.253 e. The van der Waals surface area contributed by atoms with E-state index < -0.39 is 0 Å². The summed E-state index contributed by atoms with van der Waals surface area (Å²) in [4.78, 5) is 40.6. The zero-order valence-corrected chi connectivity index (χ0v) is 18.1. The second-order valence-corrected chi connectivity index (χ2v) is 8.26. The minimum Gasteiger partial charge on any atom is -0.345 e. The molecule has 1 N–H and O–H groups in total. The summed E-state index contributed by atoms with van der Waals surface area (Å²) in [6, 6.07) is 14.2. The van der Waals surface area contributed by atoms with E-state index in [1.807, 2.05) is 12.1 Å². The molecule has 0 saturated carbocycles. The van der Waals surface area contributed by atoms with E-state index in [0.717, 1.165) is 4.47 Å². The van der Waals surface area contributed by atoms with Gasteiger partial charge in [-0.1, -0.05) is 22.0 Å². The normalized spacial score (nSPS) is 14.4. The molecule has 1 aliphatic rings. The molecule has 2 aromatic carbocycles. The molecule has 3 amide bonds. The number of nitrogens with one attached hydrogen (secondary N) is 1. The fourth-order valence-corrected chi connectivity index (χ4v) is 3.62. The van der Waals surface area contributed by atoms with Crippen molar-refractivity contribution in [3.8, 4) is 0 Å². The topological polar surface area (TPSA) is 69.7 Å². The Morgan fingerprint density at radius 1 is 1.00 bits per heavy atom. The van der Waals surface area contributed by atoms with Crippen molar-refractivity contribution in [3.05, 3.63) is 64.1 Å². The van der Waals surface area contributed by atoms with Crippen molar-refractivity contribution in [2.45, 2.75) is 12.8 Å². The van der Waals surface area contributed by atoms with Gasteiger partial charge in [0.25, 0.3) is 11.8 Å². The molecule has 1 saturated heterocycles. The Hall–Kier alpha value is -2.67. The Balaban J connectivity index is 1.56. The first-order chi connectivity index (χ1) is 13.8. The number of benzene rings is 2. The minimum atomic E-state index is -0.155. The number of likely N-dealkylation sites (tertiary alicyclic amines) is 1. The van der Waals surface area contributed by atoms with E-state index in [2.05, 4.69) is 21.2 Å². The summed E-state index contributed by atoms with van der Waals surface area (Å²) in [6.07, 6.45) is 1.23. The highest BCUT2D eigenvalue weighted by Gasteiger charge is 2.28. The van der Waals surface area contributed by atoms with Crippen LogP contribution in [0.4, 0.5) is 5.69 Å². The summed E-state index contributed by atoms with van der Waals surface area (Å²) in [7, 11) is 3.38. The molecule has 29 heavy (non-hydrogen) atoms. The maximum Gasteiger partial charge on any atom is 0.253 e. The highest BCUT2D eigenvalue weighted by molar-refractivity contribution is 9.10. The van der Waals surface area contributed by atoms with Crippen LogP contribution in [0.25, 0.3) is 0 Å². The van der Waals surface area contributed by atoms with Crippen LogP contribution in [0.2, 0.25) is 0 Å². The Labute approximate surface area is 179 Å². The molecule has 0 radical (unpaired) electrons. The van der Waals surface area contributed by atoms with Crippen LogP contribution in [-0.2, 0) is 4.79 Å². The average Bonchev–Trinajstić information content (AvgIpc) is 2.73. The third-order valence-corrected chi connectivity index (χ3v) is 5.56. The van der Waals surface area contributed by atoms with Gasteiger partial charge in [-0.2, -0.15) is 0 Å². The first-order valence-electron chi connectivity index (χ1n) is 9.52. The number of halogens is 1. The number of carbonyl (C=O) groups excluding carboxylic acids is 3. The van der Waals surface area contributed by atoms with Crippen molar-refractivity contribution < 1.29 is 14.4 Å². The van der Waals surface area contributed by atoms with E-state index in [0.29, 0.717) is 42.7 Å². The number of amides is 3. The Kier molecular flexibility index (Phi) is 6.69. The molecule has 152 valence electrons. The lowest BCUT2D eigenvalue weighted by atomic mass is 9.95. The number of nitrogens with zero attached hydrogens (tertiary/aromatic N) is 2. The Bertz CT molecular complexity index is 904. The van der Waals surface area contributed by atoms with Gasteiger partial charge in [0.1, 0.15) is 0 Å². The van der Waals surface area contributed by atoms with Gasteiger partial charge in [0.2, 0.25) is 5.91 Å². The predicted molar refractivity (Wildman–Crippen MR) is 116 cm³/mol. The molecule has 0 aliphatic carbocycles. The Morgan fingerprint density at radius 2 is 1.66 bits per heavy atom. The highest BCUT2D eigenvalue weighted by Crippen LogP contribution is 2.22. The molecule has 3 rings (SSSR count). The Morgan fingerprint density at radius 3 is 2.28 bits per heavy atom. The SMILES string of the molecule is CN(C)C(=O)c1cccc(NC(=O)C2CCN(C(=O)c3ccc(Br)cc3)CC2)c1. The summed E-state index contributed by atoms with van der Waals surface area (Å²) in [5.41, 5.74) is 1.79. The minimum absolute atomic E-state index is 0.00810. The average molecular weight is 458 g/mol. The van der Waals surface area contributed by atoms with Crippen LogP contribution >= 0.6 is 15.9 Å². The largest absolute Gasteiger partial charge is 0.345 e. The first-order valence-corrected chi connectivity index (χ1v) is 10.3. The summed E-state index contributed by atoms with van der Waals surface area (Å²) >= 11 is 3.37. The van der Waals surface area contributed by atoms with Crippen LogP contribution in [0.5, 0.6) is 0 Å². The van der Waals surface area contributed by atoms with Gasteiger partial charge >= 0.3 is 0 Å². The van der Waals surface area contributed by atoms with E-state index in [9.17, 15) is 14.4 Å². The monoisotopic (exact) mass is 457 g/mol. The number of rotatable bonds is 4. The van der Waals surface area contributed by atoms with Crippen LogP contribution in [0.1, 0.15) is 33.6 Å². The van der Waals surface area contributed by atoms with Crippen molar-refractivity contribution in [3.63, 3.8) is 0 Å². The molecule has 0 bridgehead atoms. The molecule has 6 nitrogen and oxygen atoms in total. The molecule has 2 aromatic rings. The number of hydrogen-bond donors (Lipinski definition) is 1. The van der Waals surface area contributed by atoms with Crippen molar-refractivity contribution in [1.29, 1.82) is 0 Å². The molecule has 0 aromatic heterocycles. The maximum absolute atomic E-state index is 12.7. The van der Waals surface area contributed by atoms with Crippen LogP contribution in [0.3, 0.4) is 0 Å². The zero-order valence-electron chi connectivity index (χ0n) is 16.5. The van der Waals surface area contributed by atoms with Gasteiger partial charge in [0.15, 0.2) is 0 Å². The third-order valence-electron chi connectivity index (χ3n) is 5.03. The second-order valence-electron chi connectivity index (χ2n) is 7.34. The summed E-state index contributed by atoms with van der Waals surface area (Å²) in [5, 5.41) is 2.91. The van der Waals surface area contributed by atoms with Gasteiger partial charge in [0.05, 0.1) is 0 Å². The van der Waals surface area contributed by atoms with Crippen molar-refractivity contribution in [1.82, 2.24) is 9.80 Å². The quantitative estimate of drug-likeness (QED) is 0.761. The lowest BCUT2D eigenvalue weighted by Crippen LogP contribution is -2.41. The molecular formula is C22H24BrN3O3. The van der Waals surface area contributed by atoms with Crippen molar-refractivity contribution in [2.24, 2.45) is 5.92 Å². The molecule has 0 spiro atoms. The lowest BCUT2D eigenvalue weighted by Gasteiger charge is -2.31. The predicted octanol–water partition coefficient (Wildman–Crippen LogP) is 3.64. The van der Waals surface area contributed by atoms with Gasteiger partial charge in [-0.3, -0.25) is 14.4 Å². The van der Waals surface area contributed by atoms with Gasteiger partial charge in [-0.05, 0) is 55.3 Å². The number of carbonyl (C=O) groups is 3. The lowest BCUT2D eigenvalue weighted by molar-refractivity contribution is -0.121. The molecule has 0 unspecified atom stereocenters. The molecule has 0 atom stereocenters. The fraction of sp³-hybridized carbons (Fsp3) is 0.318. The molecule has 1 fully saturated rings. The summed E-state index contributed by atoms with van der Waals surface area (Å²) in [6.45, 7) is 1.10. The van der Waals surface area contributed by atoms with Gasteiger partial charge < -0.3 is 15.1 Å². The molecule has 1 aliphatic heterocycles. The van der Waals surface area contributed by atoms with Crippen LogP contribution in [0.15, 0.2) is 53.0 Å². The second kappa shape index (κ2) is 9.22. The van der Waals surface area contributed by atoms with Gasteiger partial charge in [-0.25, -0.2) is 0 Å². The van der Waals surface area contributed by atoms with Crippen LogP contribution < -0.4 is 5.32 Å². The van der Waals surface area contributed by atoms with E-state index in [1.54, 1.807) is 55.4 Å².